The highest BCUT2D eigenvalue weighted by Crippen LogP contribution is 2.39. The zero-order chi connectivity index (χ0) is 13.9. The largest absolute Gasteiger partial charge is 0.377 e. The molecule has 19 heavy (non-hydrogen) atoms. The van der Waals surface area contributed by atoms with Gasteiger partial charge in [-0.2, -0.15) is 0 Å². The summed E-state index contributed by atoms with van der Waals surface area (Å²) in [6.07, 6.45) is 4.29. The third-order valence-electron chi connectivity index (χ3n) is 4.12. The number of halogens is 2. The molecule has 0 bridgehead atoms. The second kappa shape index (κ2) is 6.33. The Bertz CT molecular complexity index is 429. The molecule has 4 heteroatoms. The average molecular weight is 330 g/mol. The van der Waals surface area contributed by atoms with E-state index < -0.39 is 0 Å². The van der Waals surface area contributed by atoms with Gasteiger partial charge >= 0.3 is 0 Å². The van der Waals surface area contributed by atoms with Crippen LogP contribution in [0.15, 0.2) is 22.7 Å². The van der Waals surface area contributed by atoms with E-state index in [1.807, 2.05) is 12.1 Å². The van der Waals surface area contributed by atoms with Crippen molar-refractivity contribution in [2.45, 2.75) is 44.2 Å². The van der Waals surface area contributed by atoms with Gasteiger partial charge in [-0.05, 0) is 65.9 Å². The van der Waals surface area contributed by atoms with Crippen LogP contribution in [0.25, 0.3) is 0 Å². The van der Waals surface area contributed by atoms with Gasteiger partial charge in [-0.3, -0.25) is 0 Å². The van der Waals surface area contributed by atoms with Crippen molar-refractivity contribution >= 4 is 15.9 Å². The van der Waals surface area contributed by atoms with Gasteiger partial charge in [-0.1, -0.05) is 13.0 Å². The molecule has 1 unspecified atom stereocenters. The molecule has 1 aromatic rings. The van der Waals surface area contributed by atoms with Crippen LogP contribution in [-0.4, -0.2) is 25.3 Å². The molecule has 0 radical (unpaired) electrons. The lowest BCUT2D eigenvalue weighted by atomic mass is 9.72. The molecular weight excluding hydrogens is 309 g/mol. The third-order valence-corrected chi connectivity index (χ3v) is 4.72. The minimum absolute atomic E-state index is 0.0448. The Labute approximate surface area is 122 Å². The van der Waals surface area contributed by atoms with Crippen molar-refractivity contribution in [1.29, 1.82) is 0 Å². The number of nitrogens with one attached hydrogen (secondary N) is 1. The van der Waals surface area contributed by atoms with Crippen molar-refractivity contribution in [2.75, 3.05) is 13.7 Å². The minimum Gasteiger partial charge on any atom is -0.377 e. The summed E-state index contributed by atoms with van der Waals surface area (Å²) in [4.78, 5) is 0. The summed E-state index contributed by atoms with van der Waals surface area (Å²) in [6, 6.07) is 5.52. The molecule has 2 nitrogen and oxygen atoms in total. The monoisotopic (exact) mass is 329 g/mol. The molecule has 1 aliphatic rings. The van der Waals surface area contributed by atoms with E-state index in [4.69, 9.17) is 4.74 Å². The van der Waals surface area contributed by atoms with Gasteiger partial charge < -0.3 is 10.1 Å². The maximum atomic E-state index is 13.3. The molecule has 1 atom stereocenters. The Morgan fingerprint density at radius 2 is 2.21 bits per heavy atom. The Morgan fingerprint density at radius 3 is 2.68 bits per heavy atom. The van der Waals surface area contributed by atoms with Gasteiger partial charge in [-0.25, -0.2) is 4.39 Å². The molecule has 0 aliphatic heterocycles. The standard InChI is InChI=1S/C15H21BrFNO/c1-3-18-14(15(19-2)7-4-8-15)10-11-5-6-13(17)12(16)9-11/h5-6,9,14,18H,3-4,7-8,10H2,1-2H3. The predicted octanol–water partition coefficient (Wildman–Crippen LogP) is 3.68. The van der Waals surface area contributed by atoms with Gasteiger partial charge in [0.2, 0.25) is 0 Å². The van der Waals surface area contributed by atoms with Gasteiger partial charge in [-0.15, -0.1) is 0 Å². The first-order valence-electron chi connectivity index (χ1n) is 6.84. The lowest BCUT2D eigenvalue weighted by Gasteiger charge is -2.47. The average Bonchev–Trinajstić information content (AvgIpc) is 2.33. The van der Waals surface area contributed by atoms with Crippen molar-refractivity contribution in [3.63, 3.8) is 0 Å². The molecule has 0 amide bonds. The van der Waals surface area contributed by atoms with E-state index in [0.717, 1.165) is 31.4 Å². The van der Waals surface area contributed by atoms with Crippen LogP contribution >= 0.6 is 15.9 Å². The highest BCUT2D eigenvalue weighted by molar-refractivity contribution is 9.10. The number of benzene rings is 1. The van der Waals surface area contributed by atoms with Crippen molar-refractivity contribution in [3.8, 4) is 0 Å². The van der Waals surface area contributed by atoms with Crippen molar-refractivity contribution < 1.29 is 9.13 Å². The summed E-state index contributed by atoms with van der Waals surface area (Å²) < 4.78 is 19.6. The zero-order valence-corrected chi connectivity index (χ0v) is 13.1. The first-order valence-corrected chi connectivity index (χ1v) is 7.63. The van der Waals surface area contributed by atoms with E-state index >= 15 is 0 Å². The van der Waals surface area contributed by atoms with E-state index in [-0.39, 0.29) is 17.5 Å². The summed E-state index contributed by atoms with van der Waals surface area (Å²) in [6.45, 7) is 3.02. The summed E-state index contributed by atoms with van der Waals surface area (Å²) in [5.41, 5.74) is 1.08. The van der Waals surface area contributed by atoms with Crippen molar-refractivity contribution in [2.24, 2.45) is 0 Å². The number of hydrogen-bond acceptors (Lipinski definition) is 2. The second-order valence-corrected chi connectivity index (χ2v) is 6.04. The summed E-state index contributed by atoms with van der Waals surface area (Å²) in [5, 5.41) is 3.52. The molecule has 1 fully saturated rings. The molecule has 106 valence electrons. The molecule has 1 saturated carbocycles. The van der Waals surface area contributed by atoms with Gasteiger partial charge in [0.15, 0.2) is 0 Å². The maximum absolute atomic E-state index is 13.3. The Morgan fingerprint density at radius 1 is 1.47 bits per heavy atom. The second-order valence-electron chi connectivity index (χ2n) is 5.19. The fraction of sp³-hybridized carbons (Fsp3) is 0.600. The molecule has 0 saturated heterocycles. The van der Waals surface area contributed by atoms with Crippen LogP contribution < -0.4 is 5.32 Å². The van der Waals surface area contributed by atoms with Crippen LogP contribution in [0.3, 0.4) is 0 Å². The van der Waals surface area contributed by atoms with Gasteiger partial charge in [0.05, 0.1) is 10.1 Å². The van der Waals surface area contributed by atoms with Crippen LogP contribution in [0, 0.1) is 5.82 Å². The van der Waals surface area contributed by atoms with E-state index in [2.05, 4.69) is 28.2 Å². The van der Waals surface area contributed by atoms with E-state index in [1.54, 1.807) is 7.11 Å². The molecule has 0 aromatic heterocycles. The highest BCUT2D eigenvalue weighted by Gasteiger charge is 2.43. The molecule has 1 aliphatic carbocycles. The molecule has 0 spiro atoms. The highest BCUT2D eigenvalue weighted by atomic mass is 79.9. The Kier molecular flexibility index (Phi) is 4.98. The minimum atomic E-state index is -0.214. The molecule has 0 heterocycles. The lowest BCUT2D eigenvalue weighted by Crippen LogP contribution is -2.57. The zero-order valence-electron chi connectivity index (χ0n) is 11.5. The molecule has 1 N–H and O–H groups in total. The summed E-state index contributed by atoms with van der Waals surface area (Å²) in [7, 11) is 1.80. The number of likely N-dealkylation sites (N-methyl/N-ethyl adjacent to an activating group) is 1. The summed E-state index contributed by atoms with van der Waals surface area (Å²) >= 11 is 3.25. The van der Waals surface area contributed by atoms with Crippen LogP contribution in [-0.2, 0) is 11.2 Å². The van der Waals surface area contributed by atoms with E-state index in [9.17, 15) is 4.39 Å². The predicted molar refractivity (Wildman–Crippen MR) is 78.9 cm³/mol. The van der Waals surface area contributed by atoms with Crippen LogP contribution in [0.5, 0.6) is 0 Å². The Hall–Kier alpha value is -0.450. The number of methoxy groups -OCH3 is 1. The van der Waals surface area contributed by atoms with Crippen LogP contribution in [0.2, 0.25) is 0 Å². The fourth-order valence-electron chi connectivity index (χ4n) is 2.81. The van der Waals surface area contributed by atoms with Crippen LogP contribution in [0.1, 0.15) is 31.7 Å². The first kappa shape index (κ1) is 14.9. The van der Waals surface area contributed by atoms with Gasteiger partial charge in [0.1, 0.15) is 5.82 Å². The quantitative estimate of drug-likeness (QED) is 0.859. The normalized spacial score (nSPS) is 18.9. The SMILES string of the molecule is CCNC(Cc1ccc(F)c(Br)c1)C1(OC)CCC1. The smallest absolute Gasteiger partial charge is 0.137 e. The summed E-state index contributed by atoms with van der Waals surface area (Å²) in [5.74, 6) is -0.214. The van der Waals surface area contributed by atoms with Crippen LogP contribution in [0.4, 0.5) is 4.39 Å². The molecule has 1 aromatic carbocycles. The van der Waals surface area contributed by atoms with E-state index in [1.165, 1.54) is 12.5 Å². The van der Waals surface area contributed by atoms with Crippen molar-refractivity contribution in [1.82, 2.24) is 5.32 Å². The van der Waals surface area contributed by atoms with E-state index in [0.29, 0.717) is 4.47 Å². The first-order chi connectivity index (χ1) is 9.11. The third kappa shape index (κ3) is 3.18. The van der Waals surface area contributed by atoms with Gasteiger partial charge in [0, 0.05) is 13.2 Å². The van der Waals surface area contributed by atoms with Crippen molar-refractivity contribution in [3.05, 3.63) is 34.1 Å². The Balaban J connectivity index is 2.13. The fourth-order valence-corrected chi connectivity index (χ4v) is 3.24. The van der Waals surface area contributed by atoms with Gasteiger partial charge in [0.25, 0.3) is 0 Å². The maximum Gasteiger partial charge on any atom is 0.137 e. The molecule has 2 rings (SSSR count). The molecular formula is C15H21BrFNO. The number of rotatable bonds is 6. The lowest BCUT2D eigenvalue weighted by molar-refractivity contribution is -0.0978. The number of ether oxygens (including phenoxy) is 1. The number of hydrogen-bond donors (Lipinski definition) is 1. The topological polar surface area (TPSA) is 21.3 Å².